The Morgan fingerprint density at radius 3 is 2.56 bits per heavy atom. The van der Waals surface area contributed by atoms with Crippen LogP contribution < -0.4 is 5.32 Å². The molecule has 0 heterocycles. The molecule has 4 heteroatoms. The van der Waals surface area contributed by atoms with Crippen LogP contribution in [-0.4, -0.2) is 17.7 Å². The fourth-order valence-corrected chi connectivity index (χ4v) is 3.34. The summed E-state index contributed by atoms with van der Waals surface area (Å²) in [6.07, 6.45) is 2.73. The zero-order chi connectivity index (χ0) is 13.6. The van der Waals surface area contributed by atoms with Gasteiger partial charge in [-0.05, 0) is 58.3 Å². The van der Waals surface area contributed by atoms with Gasteiger partial charge in [0.1, 0.15) is 5.60 Å². The van der Waals surface area contributed by atoms with Crippen molar-refractivity contribution in [3.05, 3.63) is 0 Å². The molecule has 2 unspecified atom stereocenters. The summed E-state index contributed by atoms with van der Waals surface area (Å²) >= 11 is 0. The number of ether oxygens (including phenoxy) is 1. The number of nitrogens with zero attached hydrogens (tertiary/aromatic N) is 1. The van der Waals surface area contributed by atoms with E-state index in [0.29, 0.717) is 5.92 Å². The maximum atomic E-state index is 11.7. The third kappa shape index (κ3) is 2.31. The largest absolute Gasteiger partial charge is 0.444 e. The molecule has 1 N–H and O–H groups in total. The Bertz CT molecular complexity index is 386. The van der Waals surface area contributed by atoms with Gasteiger partial charge < -0.3 is 10.1 Å². The first kappa shape index (κ1) is 13.2. The lowest BCUT2D eigenvalue weighted by Crippen LogP contribution is -2.40. The number of hydrogen-bond acceptors (Lipinski definition) is 3. The van der Waals surface area contributed by atoms with Gasteiger partial charge in [0, 0.05) is 12.0 Å². The summed E-state index contributed by atoms with van der Waals surface area (Å²) in [4.78, 5) is 11.7. The van der Waals surface area contributed by atoms with Gasteiger partial charge >= 0.3 is 6.09 Å². The van der Waals surface area contributed by atoms with E-state index in [0.717, 1.165) is 19.3 Å². The van der Waals surface area contributed by atoms with Crippen LogP contribution in [0.4, 0.5) is 4.79 Å². The highest BCUT2D eigenvalue weighted by Gasteiger charge is 2.59. The van der Waals surface area contributed by atoms with Crippen LogP contribution in [-0.2, 0) is 4.74 Å². The molecular weight excluding hydrogens is 228 g/mol. The summed E-state index contributed by atoms with van der Waals surface area (Å²) in [7, 11) is 0. The molecule has 3 saturated carbocycles. The molecule has 0 saturated heterocycles. The van der Waals surface area contributed by atoms with Crippen LogP contribution >= 0.6 is 0 Å². The van der Waals surface area contributed by atoms with Gasteiger partial charge in [-0.1, -0.05) is 0 Å². The second-order valence-corrected chi connectivity index (χ2v) is 6.84. The van der Waals surface area contributed by atoms with Gasteiger partial charge in [-0.3, -0.25) is 0 Å². The third-order valence-electron chi connectivity index (χ3n) is 4.35. The lowest BCUT2D eigenvalue weighted by atomic mass is 9.63. The molecule has 100 valence electrons. The molecule has 3 fully saturated rings. The molecule has 1 amide bonds. The molecule has 4 nitrogen and oxygen atoms in total. The average molecular weight is 250 g/mol. The van der Waals surface area contributed by atoms with Crippen LogP contribution in [0.5, 0.6) is 0 Å². The second-order valence-electron chi connectivity index (χ2n) is 6.84. The average Bonchev–Trinajstić information content (AvgIpc) is 2.67. The molecule has 0 aliphatic heterocycles. The summed E-state index contributed by atoms with van der Waals surface area (Å²) in [5, 5.41) is 12.0. The summed E-state index contributed by atoms with van der Waals surface area (Å²) in [6.45, 7) is 7.58. The number of nitriles is 1. The van der Waals surface area contributed by atoms with E-state index in [2.05, 4.69) is 11.4 Å². The van der Waals surface area contributed by atoms with Crippen LogP contribution in [0.25, 0.3) is 0 Å². The Morgan fingerprint density at radius 2 is 2.06 bits per heavy atom. The molecule has 0 aromatic heterocycles. The summed E-state index contributed by atoms with van der Waals surface area (Å²) < 4.78 is 5.27. The molecule has 18 heavy (non-hydrogen) atoms. The van der Waals surface area contributed by atoms with Gasteiger partial charge in [0.2, 0.25) is 0 Å². The molecule has 0 aromatic carbocycles. The minimum atomic E-state index is -0.455. The predicted octanol–water partition coefficient (Wildman–Crippen LogP) is 2.84. The number of rotatable bonds is 2. The lowest BCUT2D eigenvalue weighted by Gasteiger charge is -2.40. The highest BCUT2D eigenvalue weighted by atomic mass is 16.6. The van der Waals surface area contributed by atoms with Crippen LogP contribution in [0, 0.1) is 28.6 Å². The van der Waals surface area contributed by atoms with Crippen LogP contribution in [0.2, 0.25) is 0 Å². The van der Waals surface area contributed by atoms with Crippen molar-refractivity contribution < 1.29 is 9.53 Å². The SMILES string of the molecule is CC(C#N)C12CC(C1)C(NC(=O)OC(C)(C)C)C2. The Kier molecular flexibility index (Phi) is 3.04. The first-order valence-electron chi connectivity index (χ1n) is 6.65. The number of nitrogens with one attached hydrogen (secondary N) is 1. The van der Waals surface area contributed by atoms with Crippen molar-refractivity contribution in [2.24, 2.45) is 17.3 Å². The summed E-state index contributed by atoms with van der Waals surface area (Å²) in [5.41, 5.74) is -0.303. The van der Waals surface area contributed by atoms with E-state index in [-0.39, 0.29) is 23.5 Å². The zero-order valence-corrected chi connectivity index (χ0v) is 11.6. The molecule has 0 radical (unpaired) electrons. The number of amides is 1. The fourth-order valence-electron chi connectivity index (χ4n) is 3.34. The van der Waals surface area contributed by atoms with Crippen molar-refractivity contribution >= 4 is 6.09 Å². The van der Waals surface area contributed by atoms with Crippen molar-refractivity contribution in [1.29, 1.82) is 5.26 Å². The zero-order valence-electron chi connectivity index (χ0n) is 11.6. The van der Waals surface area contributed by atoms with Gasteiger partial charge in [-0.25, -0.2) is 4.79 Å². The number of alkyl carbamates (subject to hydrolysis) is 1. The highest BCUT2D eigenvalue weighted by molar-refractivity contribution is 5.68. The number of hydrogen-bond donors (Lipinski definition) is 1. The molecule has 3 aliphatic rings. The Balaban J connectivity index is 1.88. The molecule has 0 aromatic rings. The Labute approximate surface area is 109 Å². The van der Waals surface area contributed by atoms with Gasteiger partial charge in [-0.2, -0.15) is 5.26 Å². The summed E-state index contributed by atoms with van der Waals surface area (Å²) in [6, 6.07) is 2.54. The predicted molar refractivity (Wildman–Crippen MR) is 67.7 cm³/mol. The van der Waals surface area contributed by atoms with E-state index in [1.165, 1.54) is 0 Å². The minimum Gasteiger partial charge on any atom is -0.444 e. The molecule has 0 spiro atoms. The van der Waals surface area contributed by atoms with Crippen molar-refractivity contribution in [2.75, 3.05) is 0 Å². The highest BCUT2D eigenvalue weighted by Crippen LogP contribution is 2.62. The van der Waals surface area contributed by atoms with Crippen molar-refractivity contribution in [3.8, 4) is 6.07 Å². The van der Waals surface area contributed by atoms with Crippen molar-refractivity contribution in [2.45, 2.75) is 58.6 Å². The first-order chi connectivity index (χ1) is 8.26. The maximum Gasteiger partial charge on any atom is 0.407 e. The van der Waals surface area contributed by atoms with E-state index in [4.69, 9.17) is 10.00 Å². The van der Waals surface area contributed by atoms with Crippen molar-refractivity contribution in [1.82, 2.24) is 5.32 Å². The standard InChI is InChI=1S/C14H22N2O2/c1-9(8-15)14-5-10(6-14)11(7-14)16-12(17)18-13(2,3)4/h9-11H,5-7H2,1-4H3,(H,16,17). The smallest absolute Gasteiger partial charge is 0.407 e. The summed E-state index contributed by atoms with van der Waals surface area (Å²) in [5.74, 6) is 0.618. The van der Waals surface area contributed by atoms with Gasteiger partial charge in [-0.15, -0.1) is 0 Å². The lowest BCUT2D eigenvalue weighted by molar-refractivity contribution is 0.0488. The quantitative estimate of drug-likeness (QED) is 0.819. The van der Waals surface area contributed by atoms with Crippen LogP contribution in [0.3, 0.4) is 0 Å². The van der Waals surface area contributed by atoms with E-state index >= 15 is 0 Å². The first-order valence-corrected chi connectivity index (χ1v) is 6.65. The number of carbonyl (C=O) groups excluding carboxylic acids is 1. The van der Waals surface area contributed by atoms with Crippen molar-refractivity contribution in [3.63, 3.8) is 0 Å². The van der Waals surface area contributed by atoms with E-state index in [9.17, 15) is 4.79 Å². The number of carbonyl (C=O) groups is 1. The van der Waals surface area contributed by atoms with Gasteiger partial charge in [0.15, 0.2) is 0 Å². The molecule has 3 rings (SSSR count). The van der Waals surface area contributed by atoms with E-state index in [1.54, 1.807) is 0 Å². The minimum absolute atomic E-state index is 0.0826. The third-order valence-corrected chi connectivity index (χ3v) is 4.35. The topological polar surface area (TPSA) is 62.1 Å². The molecule has 3 aliphatic carbocycles. The Morgan fingerprint density at radius 1 is 1.44 bits per heavy atom. The van der Waals surface area contributed by atoms with Crippen LogP contribution in [0.1, 0.15) is 47.0 Å². The molecular formula is C14H22N2O2. The fraction of sp³-hybridized carbons (Fsp3) is 0.857. The number of fused-ring (bicyclic) bond motifs is 1. The van der Waals surface area contributed by atoms with E-state index < -0.39 is 5.60 Å². The molecule has 2 bridgehead atoms. The second kappa shape index (κ2) is 4.15. The monoisotopic (exact) mass is 250 g/mol. The van der Waals surface area contributed by atoms with Gasteiger partial charge in [0.25, 0.3) is 0 Å². The maximum absolute atomic E-state index is 11.7. The van der Waals surface area contributed by atoms with E-state index in [1.807, 2.05) is 27.7 Å². The normalized spacial score (nSPS) is 35.3. The molecule has 2 atom stereocenters. The van der Waals surface area contributed by atoms with Gasteiger partial charge in [0.05, 0.1) is 6.07 Å². The van der Waals surface area contributed by atoms with Crippen LogP contribution in [0.15, 0.2) is 0 Å². The Hall–Kier alpha value is -1.24.